The molecule has 1 atom stereocenters. The van der Waals surface area contributed by atoms with Crippen LogP contribution in [0, 0.1) is 13.8 Å². The standard InChI is InChI=1S/C25H33ClN2O3/c1-7-22(24(30)27-25(4,5)6)28(15-19-9-11-20(26)12-10-19)23(29)16-31-21-13-8-17(2)18(3)14-21/h8-14,22H,7,15-16H2,1-6H3,(H,27,30)/t22-/m1/s1. The fourth-order valence-corrected chi connectivity index (χ4v) is 3.32. The van der Waals surface area contributed by atoms with Crippen molar-refractivity contribution in [2.75, 3.05) is 6.61 Å². The molecule has 0 aliphatic rings. The summed E-state index contributed by atoms with van der Waals surface area (Å²) in [7, 11) is 0. The SMILES string of the molecule is CC[C@H](C(=O)NC(C)(C)C)N(Cc1ccc(Cl)cc1)C(=O)COc1ccc(C)c(C)c1. The summed E-state index contributed by atoms with van der Waals surface area (Å²) < 4.78 is 5.77. The van der Waals surface area contributed by atoms with Gasteiger partial charge in [0.2, 0.25) is 5.91 Å². The summed E-state index contributed by atoms with van der Waals surface area (Å²) in [5.41, 5.74) is 2.76. The number of aryl methyl sites for hydroxylation is 2. The van der Waals surface area contributed by atoms with Gasteiger partial charge in [0.25, 0.3) is 5.91 Å². The molecule has 2 aromatic rings. The van der Waals surface area contributed by atoms with Gasteiger partial charge in [-0.25, -0.2) is 0 Å². The van der Waals surface area contributed by atoms with Gasteiger partial charge in [-0.1, -0.05) is 36.7 Å². The van der Waals surface area contributed by atoms with Gasteiger partial charge < -0.3 is 15.0 Å². The molecule has 2 amide bonds. The highest BCUT2D eigenvalue weighted by atomic mass is 35.5. The zero-order valence-corrected chi connectivity index (χ0v) is 20.0. The summed E-state index contributed by atoms with van der Waals surface area (Å²) in [5.74, 6) is 0.211. The second-order valence-electron chi connectivity index (χ2n) is 8.85. The lowest BCUT2D eigenvalue weighted by Gasteiger charge is -2.33. The van der Waals surface area contributed by atoms with Crippen LogP contribution in [-0.4, -0.2) is 34.9 Å². The van der Waals surface area contributed by atoms with Crippen LogP contribution in [0.3, 0.4) is 0 Å². The van der Waals surface area contributed by atoms with Gasteiger partial charge in [0, 0.05) is 17.1 Å². The molecule has 1 N–H and O–H groups in total. The molecule has 0 heterocycles. The number of hydrogen-bond acceptors (Lipinski definition) is 3. The third-order valence-electron chi connectivity index (χ3n) is 4.99. The number of carbonyl (C=O) groups is 2. The maximum absolute atomic E-state index is 13.2. The third kappa shape index (κ3) is 7.59. The normalized spacial score (nSPS) is 12.2. The first-order chi connectivity index (χ1) is 14.5. The number of carbonyl (C=O) groups excluding carboxylic acids is 2. The Labute approximate surface area is 190 Å². The molecule has 2 rings (SSSR count). The topological polar surface area (TPSA) is 58.6 Å². The highest BCUT2D eigenvalue weighted by Gasteiger charge is 2.30. The first-order valence-corrected chi connectivity index (χ1v) is 10.9. The number of hydrogen-bond donors (Lipinski definition) is 1. The number of benzene rings is 2. The Balaban J connectivity index is 2.23. The molecule has 0 fully saturated rings. The zero-order chi connectivity index (χ0) is 23.2. The van der Waals surface area contributed by atoms with E-state index >= 15 is 0 Å². The maximum atomic E-state index is 13.2. The molecule has 0 aliphatic heterocycles. The van der Waals surface area contributed by atoms with E-state index in [9.17, 15) is 9.59 Å². The van der Waals surface area contributed by atoms with Crippen LogP contribution in [0.15, 0.2) is 42.5 Å². The van der Waals surface area contributed by atoms with E-state index < -0.39 is 11.6 Å². The van der Waals surface area contributed by atoms with Gasteiger partial charge in [0.1, 0.15) is 11.8 Å². The molecule has 0 aliphatic carbocycles. The maximum Gasteiger partial charge on any atom is 0.261 e. The van der Waals surface area contributed by atoms with Crippen LogP contribution in [0.25, 0.3) is 0 Å². The molecular weight excluding hydrogens is 412 g/mol. The molecule has 31 heavy (non-hydrogen) atoms. The van der Waals surface area contributed by atoms with Crippen molar-refractivity contribution in [2.45, 2.75) is 66.1 Å². The van der Waals surface area contributed by atoms with E-state index in [-0.39, 0.29) is 18.4 Å². The van der Waals surface area contributed by atoms with Crippen molar-refractivity contribution in [2.24, 2.45) is 0 Å². The van der Waals surface area contributed by atoms with Gasteiger partial charge >= 0.3 is 0 Å². The molecule has 0 spiro atoms. The summed E-state index contributed by atoms with van der Waals surface area (Å²) in [6.45, 7) is 11.8. The highest BCUT2D eigenvalue weighted by Crippen LogP contribution is 2.19. The van der Waals surface area contributed by atoms with Gasteiger partial charge in [0.05, 0.1) is 0 Å². The number of halogens is 1. The number of amides is 2. The van der Waals surface area contributed by atoms with Crippen molar-refractivity contribution in [1.82, 2.24) is 10.2 Å². The minimum absolute atomic E-state index is 0.143. The summed E-state index contributed by atoms with van der Waals surface area (Å²) in [4.78, 5) is 27.8. The van der Waals surface area contributed by atoms with E-state index in [0.29, 0.717) is 23.7 Å². The predicted octanol–water partition coefficient (Wildman–Crippen LogP) is 5.06. The van der Waals surface area contributed by atoms with Gasteiger partial charge in [-0.15, -0.1) is 0 Å². The average Bonchev–Trinajstić information content (AvgIpc) is 2.68. The van der Waals surface area contributed by atoms with E-state index in [1.807, 2.05) is 71.9 Å². The summed E-state index contributed by atoms with van der Waals surface area (Å²) in [6, 6.07) is 12.4. The van der Waals surface area contributed by atoms with E-state index in [1.165, 1.54) is 0 Å². The lowest BCUT2D eigenvalue weighted by atomic mass is 10.1. The minimum atomic E-state index is -0.606. The fraction of sp³-hybridized carbons (Fsp3) is 0.440. The van der Waals surface area contributed by atoms with E-state index in [0.717, 1.165) is 16.7 Å². The van der Waals surface area contributed by atoms with Crippen molar-refractivity contribution in [3.8, 4) is 5.75 Å². The fourth-order valence-electron chi connectivity index (χ4n) is 3.19. The van der Waals surface area contributed by atoms with Crippen LogP contribution in [0.5, 0.6) is 5.75 Å². The Morgan fingerprint density at radius 3 is 2.26 bits per heavy atom. The van der Waals surface area contributed by atoms with Crippen LogP contribution in [0.1, 0.15) is 50.8 Å². The molecule has 0 saturated carbocycles. The Kier molecular flexibility index (Phi) is 8.52. The molecule has 0 unspecified atom stereocenters. The van der Waals surface area contributed by atoms with Crippen LogP contribution < -0.4 is 10.1 Å². The quantitative estimate of drug-likeness (QED) is 0.619. The molecule has 168 valence electrons. The Hall–Kier alpha value is -2.53. The Bertz CT molecular complexity index is 904. The first-order valence-electron chi connectivity index (χ1n) is 10.6. The van der Waals surface area contributed by atoms with Crippen molar-refractivity contribution in [3.63, 3.8) is 0 Å². The molecule has 0 bridgehead atoms. The number of nitrogens with one attached hydrogen (secondary N) is 1. The molecular formula is C25H33ClN2O3. The van der Waals surface area contributed by atoms with Crippen molar-refractivity contribution >= 4 is 23.4 Å². The second-order valence-corrected chi connectivity index (χ2v) is 9.28. The molecule has 0 radical (unpaired) electrons. The Morgan fingerprint density at radius 2 is 1.71 bits per heavy atom. The average molecular weight is 445 g/mol. The first kappa shape index (κ1) is 24.7. The molecule has 0 saturated heterocycles. The molecule has 6 heteroatoms. The lowest BCUT2D eigenvalue weighted by molar-refractivity contribution is -0.143. The van der Waals surface area contributed by atoms with Gasteiger partial charge in [0.15, 0.2) is 6.61 Å². The van der Waals surface area contributed by atoms with E-state index in [4.69, 9.17) is 16.3 Å². The highest BCUT2D eigenvalue weighted by molar-refractivity contribution is 6.30. The van der Waals surface area contributed by atoms with Crippen LogP contribution in [0.2, 0.25) is 5.02 Å². The van der Waals surface area contributed by atoms with Gasteiger partial charge in [-0.05, 0) is 82.0 Å². The largest absolute Gasteiger partial charge is 0.484 e. The molecule has 5 nitrogen and oxygen atoms in total. The van der Waals surface area contributed by atoms with Gasteiger partial charge in [-0.3, -0.25) is 9.59 Å². The van der Waals surface area contributed by atoms with Crippen molar-refractivity contribution < 1.29 is 14.3 Å². The van der Waals surface area contributed by atoms with Crippen LogP contribution >= 0.6 is 11.6 Å². The molecule has 2 aromatic carbocycles. The summed E-state index contributed by atoms with van der Waals surface area (Å²) in [5, 5.41) is 3.62. The van der Waals surface area contributed by atoms with Crippen LogP contribution in [-0.2, 0) is 16.1 Å². The minimum Gasteiger partial charge on any atom is -0.484 e. The van der Waals surface area contributed by atoms with Crippen LogP contribution in [0.4, 0.5) is 0 Å². The summed E-state index contributed by atoms with van der Waals surface area (Å²) >= 11 is 6.00. The number of ether oxygens (including phenoxy) is 1. The van der Waals surface area contributed by atoms with Crippen molar-refractivity contribution in [1.29, 1.82) is 0 Å². The zero-order valence-electron chi connectivity index (χ0n) is 19.3. The molecule has 0 aromatic heterocycles. The number of rotatable bonds is 8. The van der Waals surface area contributed by atoms with E-state index in [1.54, 1.807) is 17.0 Å². The van der Waals surface area contributed by atoms with Crippen molar-refractivity contribution in [3.05, 3.63) is 64.2 Å². The lowest BCUT2D eigenvalue weighted by Crippen LogP contribution is -2.54. The monoisotopic (exact) mass is 444 g/mol. The smallest absolute Gasteiger partial charge is 0.261 e. The predicted molar refractivity (Wildman–Crippen MR) is 125 cm³/mol. The number of nitrogens with zero attached hydrogens (tertiary/aromatic N) is 1. The summed E-state index contributed by atoms with van der Waals surface area (Å²) in [6.07, 6.45) is 0.491. The van der Waals surface area contributed by atoms with Gasteiger partial charge in [-0.2, -0.15) is 0 Å². The van der Waals surface area contributed by atoms with E-state index in [2.05, 4.69) is 5.32 Å². The third-order valence-corrected chi connectivity index (χ3v) is 5.24. The Morgan fingerprint density at radius 1 is 1.06 bits per heavy atom. The second kappa shape index (κ2) is 10.7.